The van der Waals surface area contributed by atoms with Crippen LogP contribution in [0.5, 0.6) is 0 Å². The Morgan fingerprint density at radius 3 is 2.56 bits per heavy atom. The first-order valence-corrected chi connectivity index (χ1v) is 3.39. The van der Waals surface area contributed by atoms with Gasteiger partial charge < -0.3 is 4.74 Å². The summed E-state index contributed by atoms with van der Waals surface area (Å²) < 4.78 is 5.16. The van der Waals surface area contributed by atoms with Gasteiger partial charge in [-0.2, -0.15) is 0 Å². The predicted molar refractivity (Wildman–Crippen MR) is 34.2 cm³/mol. The number of rotatable bonds is 3. The lowest BCUT2D eigenvalue weighted by Crippen LogP contribution is -1.99. The van der Waals surface area contributed by atoms with Crippen molar-refractivity contribution < 1.29 is 9.53 Å². The molecule has 1 aliphatic heterocycles. The van der Waals surface area contributed by atoms with Crippen LogP contribution in [0.2, 0.25) is 0 Å². The highest BCUT2D eigenvalue weighted by molar-refractivity contribution is 5.76. The second-order valence-electron chi connectivity index (χ2n) is 2.53. The van der Waals surface area contributed by atoms with Crippen LogP contribution in [0.25, 0.3) is 0 Å². The Labute approximate surface area is 55.2 Å². The molecule has 1 heterocycles. The van der Waals surface area contributed by atoms with Crippen LogP contribution in [0.15, 0.2) is 0 Å². The second-order valence-corrected chi connectivity index (χ2v) is 2.53. The normalized spacial score (nSPS) is 32.2. The minimum absolute atomic E-state index is 0.232. The van der Waals surface area contributed by atoms with Crippen LogP contribution < -0.4 is 0 Å². The van der Waals surface area contributed by atoms with E-state index in [0.717, 1.165) is 6.42 Å². The molecule has 0 aromatic carbocycles. The van der Waals surface area contributed by atoms with Crippen LogP contribution in [-0.4, -0.2) is 18.0 Å². The molecule has 2 atom stereocenters. The molecule has 0 bridgehead atoms. The van der Waals surface area contributed by atoms with Crippen LogP contribution in [0.1, 0.15) is 26.7 Å². The largest absolute Gasteiger partial charge is 0.369 e. The minimum Gasteiger partial charge on any atom is -0.369 e. The Bertz CT molecular complexity index is 120. The van der Waals surface area contributed by atoms with E-state index in [2.05, 4.69) is 6.92 Å². The summed E-state index contributed by atoms with van der Waals surface area (Å²) in [6.07, 6.45) is 2.29. The maximum atomic E-state index is 10.5. The van der Waals surface area contributed by atoms with E-state index >= 15 is 0 Å². The van der Waals surface area contributed by atoms with E-state index in [1.165, 1.54) is 0 Å². The van der Waals surface area contributed by atoms with Crippen molar-refractivity contribution in [2.75, 3.05) is 0 Å². The van der Waals surface area contributed by atoms with Crippen molar-refractivity contribution >= 4 is 5.78 Å². The number of hydrogen-bond donors (Lipinski definition) is 0. The van der Waals surface area contributed by atoms with E-state index in [9.17, 15) is 4.79 Å². The molecule has 0 aromatic rings. The van der Waals surface area contributed by atoms with Gasteiger partial charge in [-0.15, -0.1) is 0 Å². The van der Waals surface area contributed by atoms with Crippen LogP contribution in [-0.2, 0) is 9.53 Å². The number of carbonyl (C=O) groups is 1. The summed E-state index contributed by atoms with van der Waals surface area (Å²) in [6, 6.07) is 0. The molecule has 2 unspecified atom stereocenters. The zero-order valence-electron chi connectivity index (χ0n) is 5.89. The quantitative estimate of drug-likeness (QED) is 0.533. The van der Waals surface area contributed by atoms with E-state index < -0.39 is 0 Å². The van der Waals surface area contributed by atoms with E-state index in [1.807, 2.05) is 0 Å². The Kier molecular flexibility index (Phi) is 1.86. The van der Waals surface area contributed by atoms with Gasteiger partial charge in [0.25, 0.3) is 0 Å². The van der Waals surface area contributed by atoms with Gasteiger partial charge in [0.1, 0.15) is 5.78 Å². The zero-order chi connectivity index (χ0) is 6.85. The van der Waals surface area contributed by atoms with Gasteiger partial charge in [0.15, 0.2) is 0 Å². The van der Waals surface area contributed by atoms with Crippen LogP contribution in [0.3, 0.4) is 0 Å². The molecule has 1 rings (SSSR count). The summed E-state index contributed by atoms with van der Waals surface area (Å²) in [5.74, 6) is 0.232. The maximum absolute atomic E-state index is 10.5. The zero-order valence-corrected chi connectivity index (χ0v) is 5.89. The summed E-state index contributed by atoms with van der Waals surface area (Å²) in [5, 5.41) is 0. The number of ketones is 1. The van der Waals surface area contributed by atoms with Gasteiger partial charge in [0, 0.05) is 6.42 Å². The van der Waals surface area contributed by atoms with Crippen molar-refractivity contribution in [1.29, 1.82) is 0 Å². The summed E-state index contributed by atoms with van der Waals surface area (Å²) in [4.78, 5) is 10.5. The molecular weight excluding hydrogens is 116 g/mol. The van der Waals surface area contributed by atoms with Gasteiger partial charge in [-0.1, -0.05) is 6.92 Å². The summed E-state index contributed by atoms with van der Waals surface area (Å²) >= 11 is 0. The molecule has 0 aromatic heterocycles. The van der Waals surface area contributed by atoms with E-state index in [0.29, 0.717) is 12.5 Å². The first-order chi connectivity index (χ1) is 4.24. The topological polar surface area (TPSA) is 29.6 Å². The van der Waals surface area contributed by atoms with Crippen molar-refractivity contribution in [2.45, 2.75) is 38.9 Å². The molecule has 0 saturated carbocycles. The van der Waals surface area contributed by atoms with Gasteiger partial charge in [-0.05, 0) is 13.3 Å². The smallest absolute Gasteiger partial charge is 0.132 e. The van der Waals surface area contributed by atoms with Gasteiger partial charge >= 0.3 is 0 Å². The molecule has 2 heteroatoms. The van der Waals surface area contributed by atoms with Crippen molar-refractivity contribution in [2.24, 2.45) is 0 Å². The van der Waals surface area contributed by atoms with Crippen molar-refractivity contribution in [1.82, 2.24) is 0 Å². The second kappa shape index (κ2) is 2.48. The molecule has 0 radical (unpaired) electrons. The Balaban J connectivity index is 2.12. The van der Waals surface area contributed by atoms with Crippen LogP contribution in [0.4, 0.5) is 0 Å². The van der Waals surface area contributed by atoms with Gasteiger partial charge in [0.2, 0.25) is 0 Å². The average molecular weight is 128 g/mol. The predicted octanol–water partition coefficient (Wildman–Crippen LogP) is 1.14. The van der Waals surface area contributed by atoms with Crippen LogP contribution in [0, 0.1) is 0 Å². The highest BCUT2D eigenvalue weighted by Gasteiger charge is 2.37. The molecule has 0 aliphatic carbocycles. The highest BCUT2D eigenvalue weighted by Crippen LogP contribution is 2.27. The lowest BCUT2D eigenvalue weighted by atomic mass is 10.2. The third kappa shape index (κ3) is 1.79. The highest BCUT2D eigenvalue weighted by atomic mass is 16.6. The molecule has 1 fully saturated rings. The standard InChI is InChI=1S/C7H12O2/c1-3-6-7(9-6)4-5(2)8/h6-7H,3-4H2,1-2H3. The first-order valence-electron chi connectivity index (χ1n) is 3.39. The monoisotopic (exact) mass is 128 g/mol. The number of hydrogen-bond acceptors (Lipinski definition) is 2. The molecule has 0 spiro atoms. The van der Waals surface area contributed by atoms with Gasteiger partial charge in [0.05, 0.1) is 12.2 Å². The molecular formula is C7H12O2. The average Bonchev–Trinajstić information content (AvgIpc) is 2.45. The van der Waals surface area contributed by atoms with E-state index in [1.54, 1.807) is 6.92 Å². The third-order valence-electron chi connectivity index (χ3n) is 1.58. The Morgan fingerprint density at radius 1 is 1.56 bits per heavy atom. The summed E-state index contributed by atoms with van der Waals surface area (Å²) in [5.41, 5.74) is 0. The minimum atomic E-state index is 0.232. The van der Waals surface area contributed by atoms with E-state index in [-0.39, 0.29) is 11.9 Å². The Morgan fingerprint density at radius 2 is 2.22 bits per heavy atom. The lowest BCUT2D eigenvalue weighted by molar-refractivity contribution is -0.117. The van der Waals surface area contributed by atoms with Gasteiger partial charge in [-0.25, -0.2) is 0 Å². The summed E-state index contributed by atoms with van der Waals surface area (Å²) in [6.45, 7) is 3.68. The molecule has 1 saturated heterocycles. The van der Waals surface area contributed by atoms with E-state index in [4.69, 9.17) is 4.74 Å². The first kappa shape index (κ1) is 6.75. The van der Waals surface area contributed by atoms with Crippen molar-refractivity contribution in [3.63, 3.8) is 0 Å². The fourth-order valence-corrected chi connectivity index (χ4v) is 1.00. The number of carbonyl (C=O) groups excluding carboxylic acids is 1. The fraction of sp³-hybridized carbons (Fsp3) is 0.857. The maximum Gasteiger partial charge on any atom is 0.132 e. The molecule has 9 heavy (non-hydrogen) atoms. The van der Waals surface area contributed by atoms with Gasteiger partial charge in [-0.3, -0.25) is 4.79 Å². The molecule has 0 amide bonds. The molecule has 0 N–H and O–H groups in total. The lowest BCUT2D eigenvalue weighted by Gasteiger charge is -1.84. The van der Waals surface area contributed by atoms with Crippen molar-refractivity contribution in [3.8, 4) is 0 Å². The molecule has 52 valence electrons. The summed E-state index contributed by atoms with van der Waals surface area (Å²) in [7, 11) is 0. The molecule has 2 nitrogen and oxygen atoms in total. The number of ether oxygens (including phenoxy) is 1. The fourth-order valence-electron chi connectivity index (χ4n) is 1.00. The van der Waals surface area contributed by atoms with Crippen LogP contribution >= 0.6 is 0 Å². The number of epoxide rings is 1. The molecule has 1 aliphatic rings. The SMILES string of the molecule is CCC1OC1CC(C)=O. The number of Topliss-reactive ketones (excluding diaryl/α,β-unsaturated/α-hetero) is 1. The third-order valence-corrected chi connectivity index (χ3v) is 1.58. The van der Waals surface area contributed by atoms with Crippen molar-refractivity contribution in [3.05, 3.63) is 0 Å². The Hall–Kier alpha value is -0.370.